The van der Waals surface area contributed by atoms with Crippen LogP contribution in [-0.2, 0) is 0 Å². The summed E-state index contributed by atoms with van der Waals surface area (Å²) in [5.41, 5.74) is 0. The molecule has 0 aliphatic heterocycles. The summed E-state index contributed by atoms with van der Waals surface area (Å²) in [6.45, 7) is -2.81. The van der Waals surface area contributed by atoms with Gasteiger partial charge in [0.15, 0.2) is 5.92 Å². The van der Waals surface area contributed by atoms with E-state index >= 15 is 0 Å². The van der Waals surface area contributed by atoms with Crippen LogP contribution in [0.3, 0.4) is 0 Å². The van der Waals surface area contributed by atoms with Crippen molar-refractivity contribution in [2.24, 2.45) is 5.92 Å². The van der Waals surface area contributed by atoms with Gasteiger partial charge in [-0.1, -0.05) is 0 Å². The average molecular weight is 245 g/mol. The Balaban J connectivity index is 4.29. The molecule has 0 spiro atoms. The third-order valence-electron chi connectivity index (χ3n) is 1.44. The second-order valence-corrected chi connectivity index (χ2v) is 2.69. The van der Waals surface area contributed by atoms with Crippen molar-refractivity contribution in [2.75, 3.05) is 13.1 Å². The van der Waals surface area contributed by atoms with Crippen LogP contribution < -0.4 is 5.32 Å². The molecular formula is C6H7F8N. The smallest absolute Gasteiger partial charge is 0.310 e. The van der Waals surface area contributed by atoms with Crippen molar-refractivity contribution in [3.05, 3.63) is 0 Å². The molecule has 0 atom stereocenters. The zero-order chi connectivity index (χ0) is 12.3. The van der Waals surface area contributed by atoms with Crippen molar-refractivity contribution in [3.63, 3.8) is 0 Å². The lowest BCUT2D eigenvalue weighted by molar-refractivity contribution is -0.282. The van der Waals surface area contributed by atoms with E-state index in [1.807, 2.05) is 0 Å². The van der Waals surface area contributed by atoms with Crippen molar-refractivity contribution in [1.82, 2.24) is 5.32 Å². The van der Waals surface area contributed by atoms with Crippen LogP contribution in [0.25, 0.3) is 0 Å². The van der Waals surface area contributed by atoms with Crippen LogP contribution in [0.15, 0.2) is 0 Å². The van der Waals surface area contributed by atoms with Crippen LogP contribution in [0.5, 0.6) is 0 Å². The minimum Gasteiger partial charge on any atom is -0.310 e. The third-order valence-corrected chi connectivity index (χ3v) is 1.44. The summed E-state index contributed by atoms with van der Waals surface area (Å²) in [6.07, 6.45) is -14.0. The predicted molar refractivity (Wildman–Crippen MR) is 34.5 cm³/mol. The molecular weight excluding hydrogens is 238 g/mol. The molecule has 0 aliphatic rings. The Labute approximate surface area is 79.4 Å². The van der Waals surface area contributed by atoms with E-state index in [0.717, 1.165) is 0 Å². The fourth-order valence-corrected chi connectivity index (χ4v) is 0.754. The SMILES string of the molecule is FC(F)CNCC(C(F)(F)F)C(F)(F)F. The first kappa shape index (κ1) is 14.4. The molecule has 0 fully saturated rings. The van der Waals surface area contributed by atoms with Gasteiger partial charge in [-0.05, 0) is 0 Å². The molecule has 0 heterocycles. The lowest BCUT2D eigenvalue weighted by Gasteiger charge is -2.23. The molecule has 9 heteroatoms. The van der Waals surface area contributed by atoms with Gasteiger partial charge in [0.25, 0.3) is 6.43 Å². The van der Waals surface area contributed by atoms with Crippen LogP contribution in [0.2, 0.25) is 0 Å². The summed E-state index contributed by atoms with van der Waals surface area (Å²) in [5.74, 6) is -3.62. The fourth-order valence-electron chi connectivity index (χ4n) is 0.754. The topological polar surface area (TPSA) is 12.0 Å². The summed E-state index contributed by atoms with van der Waals surface area (Å²) in [7, 11) is 0. The minimum absolute atomic E-state index is 1.21. The van der Waals surface area contributed by atoms with Crippen molar-refractivity contribution >= 4 is 0 Å². The fraction of sp³-hybridized carbons (Fsp3) is 1.00. The molecule has 0 rings (SSSR count). The molecule has 0 aromatic rings. The average Bonchev–Trinajstić information content (AvgIpc) is 1.92. The summed E-state index contributed by atoms with van der Waals surface area (Å²) >= 11 is 0. The van der Waals surface area contributed by atoms with Crippen molar-refractivity contribution < 1.29 is 35.1 Å². The Morgan fingerprint density at radius 3 is 1.47 bits per heavy atom. The molecule has 1 N–H and O–H groups in total. The second kappa shape index (κ2) is 4.95. The number of halogens is 8. The quantitative estimate of drug-likeness (QED) is 0.750. The van der Waals surface area contributed by atoms with Crippen LogP contribution >= 0.6 is 0 Å². The van der Waals surface area contributed by atoms with Crippen molar-refractivity contribution in [2.45, 2.75) is 18.8 Å². The van der Waals surface area contributed by atoms with E-state index in [4.69, 9.17) is 0 Å². The molecule has 0 saturated heterocycles. The van der Waals surface area contributed by atoms with Crippen LogP contribution in [-0.4, -0.2) is 31.9 Å². The van der Waals surface area contributed by atoms with E-state index in [-0.39, 0.29) is 0 Å². The number of hydrogen-bond donors (Lipinski definition) is 1. The van der Waals surface area contributed by atoms with Gasteiger partial charge in [0, 0.05) is 6.54 Å². The molecule has 15 heavy (non-hydrogen) atoms. The first-order valence-corrected chi connectivity index (χ1v) is 3.67. The molecule has 0 aromatic heterocycles. The van der Waals surface area contributed by atoms with Gasteiger partial charge in [-0.3, -0.25) is 0 Å². The van der Waals surface area contributed by atoms with E-state index in [0.29, 0.717) is 0 Å². The van der Waals surface area contributed by atoms with E-state index in [9.17, 15) is 35.1 Å². The summed E-state index contributed by atoms with van der Waals surface area (Å²) in [5, 5.41) is 1.41. The Hall–Kier alpha value is -0.600. The number of rotatable bonds is 4. The monoisotopic (exact) mass is 245 g/mol. The largest absolute Gasteiger partial charge is 0.401 e. The minimum atomic E-state index is -5.49. The van der Waals surface area contributed by atoms with Gasteiger partial charge >= 0.3 is 12.4 Å². The second-order valence-electron chi connectivity index (χ2n) is 2.69. The highest BCUT2D eigenvalue weighted by Gasteiger charge is 2.56. The first-order chi connectivity index (χ1) is 6.55. The van der Waals surface area contributed by atoms with Crippen LogP contribution in [0, 0.1) is 5.92 Å². The van der Waals surface area contributed by atoms with Crippen LogP contribution in [0.1, 0.15) is 0 Å². The molecule has 1 nitrogen and oxygen atoms in total. The molecule has 0 saturated carbocycles. The van der Waals surface area contributed by atoms with E-state index in [1.54, 1.807) is 0 Å². The normalized spacial score (nSPS) is 14.0. The van der Waals surface area contributed by atoms with E-state index in [2.05, 4.69) is 0 Å². The maximum atomic E-state index is 11.8. The van der Waals surface area contributed by atoms with Gasteiger partial charge < -0.3 is 5.32 Å². The molecule has 0 amide bonds. The predicted octanol–water partition coefficient (Wildman–Crippen LogP) is 2.58. The summed E-state index contributed by atoms with van der Waals surface area (Å²) in [6, 6.07) is 0. The lowest BCUT2D eigenvalue weighted by Crippen LogP contribution is -2.44. The lowest BCUT2D eigenvalue weighted by atomic mass is 10.1. The van der Waals surface area contributed by atoms with Gasteiger partial charge in [0.1, 0.15) is 0 Å². The first-order valence-electron chi connectivity index (χ1n) is 3.67. The standard InChI is InChI=1S/C6H7F8N/c7-4(8)2-15-1-3(5(9,10)11)6(12,13)14/h3-4,15H,1-2H2. The molecule has 0 radical (unpaired) electrons. The zero-order valence-corrected chi connectivity index (χ0v) is 7.09. The van der Waals surface area contributed by atoms with Crippen molar-refractivity contribution in [3.8, 4) is 0 Å². The highest BCUT2D eigenvalue weighted by atomic mass is 19.4. The van der Waals surface area contributed by atoms with E-state index < -0.39 is 37.8 Å². The highest BCUT2D eigenvalue weighted by Crippen LogP contribution is 2.38. The number of alkyl halides is 8. The van der Waals surface area contributed by atoms with Gasteiger partial charge in [-0.2, -0.15) is 26.3 Å². The Kier molecular flexibility index (Phi) is 4.75. The summed E-state index contributed by atoms with van der Waals surface area (Å²) in [4.78, 5) is 0. The molecule has 0 bridgehead atoms. The van der Waals surface area contributed by atoms with Gasteiger partial charge in [0.05, 0.1) is 6.54 Å². The van der Waals surface area contributed by atoms with Gasteiger partial charge in [-0.15, -0.1) is 0 Å². The van der Waals surface area contributed by atoms with Gasteiger partial charge in [-0.25, -0.2) is 8.78 Å². The Morgan fingerprint density at radius 1 is 0.800 bits per heavy atom. The molecule has 0 aromatic carbocycles. The molecule has 0 unspecified atom stereocenters. The maximum absolute atomic E-state index is 11.8. The zero-order valence-electron chi connectivity index (χ0n) is 7.09. The van der Waals surface area contributed by atoms with Crippen molar-refractivity contribution in [1.29, 1.82) is 0 Å². The highest BCUT2D eigenvalue weighted by molar-refractivity contribution is 4.77. The Bertz CT molecular complexity index is 169. The third kappa shape index (κ3) is 5.75. The Morgan fingerprint density at radius 2 is 1.20 bits per heavy atom. The van der Waals surface area contributed by atoms with E-state index in [1.165, 1.54) is 5.32 Å². The maximum Gasteiger partial charge on any atom is 0.401 e. The van der Waals surface area contributed by atoms with Crippen LogP contribution in [0.4, 0.5) is 35.1 Å². The molecule has 0 aliphatic carbocycles. The number of nitrogens with one attached hydrogen (secondary N) is 1. The summed E-state index contributed by atoms with van der Waals surface area (Å²) < 4.78 is 93.7. The number of hydrogen-bond acceptors (Lipinski definition) is 1. The molecule has 92 valence electrons. The van der Waals surface area contributed by atoms with Gasteiger partial charge in [0.2, 0.25) is 0 Å².